The SMILES string of the molecule is Cc1c(C)c(C)c(C(=O)c2ccc(N=Cc3cc(Br)ccc3O)cc2)c(C)c1C. The number of halogens is 1. The van der Waals surface area contributed by atoms with Crippen LogP contribution in [0.4, 0.5) is 5.69 Å². The smallest absolute Gasteiger partial charge is 0.193 e. The Morgan fingerprint density at radius 1 is 0.862 bits per heavy atom. The predicted molar refractivity (Wildman–Crippen MR) is 123 cm³/mol. The molecule has 3 rings (SSSR count). The third kappa shape index (κ3) is 4.18. The summed E-state index contributed by atoms with van der Waals surface area (Å²) >= 11 is 3.39. The molecule has 29 heavy (non-hydrogen) atoms. The van der Waals surface area contributed by atoms with Crippen LogP contribution in [0.2, 0.25) is 0 Å². The molecule has 148 valence electrons. The number of aromatic hydroxyl groups is 1. The standard InChI is InChI=1S/C25H24BrNO2/c1-14-15(2)17(4)24(18(5)16(14)3)25(29)19-6-9-22(10-7-19)27-13-20-12-21(26)8-11-23(20)28/h6-13,28H,1-5H3. The van der Waals surface area contributed by atoms with E-state index in [1.54, 1.807) is 36.5 Å². The zero-order valence-corrected chi connectivity index (χ0v) is 18.9. The molecule has 0 atom stereocenters. The van der Waals surface area contributed by atoms with E-state index >= 15 is 0 Å². The molecule has 0 aromatic heterocycles. The topological polar surface area (TPSA) is 49.7 Å². The van der Waals surface area contributed by atoms with Gasteiger partial charge in [0.2, 0.25) is 0 Å². The van der Waals surface area contributed by atoms with Crippen molar-refractivity contribution in [1.82, 2.24) is 0 Å². The first-order valence-electron chi connectivity index (χ1n) is 9.45. The Morgan fingerprint density at radius 3 is 2.00 bits per heavy atom. The molecule has 0 aliphatic carbocycles. The fourth-order valence-corrected chi connectivity index (χ4v) is 3.84. The molecule has 3 aromatic carbocycles. The van der Waals surface area contributed by atoms with Crippen molar-refractivity contribution in [2.24, 2.45) is 4.99 Å². The van der Waals surface area contributed by atoms with Crippen LogP contribution in [0.3, 0.4) is 0 Å². The Hall–Kier alpha value is -2.72. The minimum Gasteiger partial charge on any atom is -0.507 e. The van der Waals surface area contributed by atoms with Gasteiger partial charge in [0, 0.05) is 27.4 Å². The molecule has 0 aliphatic heterocycles. The first-order valence-corrected chi connectivity index (χ1v) is 10.2. The van der Waals surface area contributed by atoms with E-state index in [2.05, 4.69) is 41.7 Å². The Bertz CT molecular complexity index is 1100. The minimum absolute atomic E-state index is 0.0337. The summed E-state index contributed by atoms with van der Waals surface area (Å²) in [4.78, 5) is 17.6. The summed E-state index contributed by atoms with van der Waals surface area (Å²) in [6, 6.07) is 12.4. The quantitative estimate of drug-likeness (QED) is 0.356. The normalized spacial score (nSPS) is 11.2. The number of benzene rings is 3. The summed E-state index contributed by atoms with van der Waals surface area (Å²) in [5, 5.41) is 9.92. The number of nitrogens with zero attached hydrogens (tertiary/aromatic N) is 1. The summed E-state index contributed by atoms with van der Waals surface area (Å²) < 4.78 is 0.868. The van der Waals surface area contributed by atoms with Crippen LogP contribution in [-0.2, 0) is 0 Å². The molecule has 3 aromatic rings. The van der Waals surface area contributed by atoms with Gasteiger partial charge >= 0.3 is 0 Å². The van der Waals surface area contributed by atoms with Gasteiger partial charge in [-0.25, -0.2) is 0 Å². The number of carbonyl (C=O) groups excluding carboxylic acids is 1. The minimum atomic E-state index is 0.0337. The Kier molecular flexibility index (Phi) is 6.04. The van der Waals surface area contributed by atoms with E-state index in [9.17, 15) is 9.90 Å². The molecule has 0 fully saturated rings. The van der Waals surface area contributed by atoms with Crippen molar-refractivity contribution in [2.45, 2.75) is 34.6 Å². The van der Waals surface area contributed by atoms with Crippen LogP contribution in [0.15, 0.2) is 51.9 Å². The molecule has 0 unspecified atom stereocenters. The number of hydrogen-bond donors (Lipinski definition) is 1. The highest BCUT2D eigenvalue weighted by molar-refractivity contribution is 9.10. The molecule has 0 spiro atoms. The van der Waals surface area contributed by atoms with Crippen molar-refractivity contribution < 1.29 is 9.90 Å². The van der Waals surface area contributed by atoms with Crippen molar-refractivity contribution in [3.63, 3.8) is 0 Å². The molecule has 0 aliphatic rings. The summed E-state index contributed by atoms with van der Waals surface area (Å²) in [7, 11) is 0. The number of rotatable bonds is 4. The van der Waals surface area contributed by atoms with E-state index in [-0.39, 0.29) is 11.5 Å². The van der Waals surface area contributed by atoms with E-state index in [0.29, 0.717) is 16.8 Å². The number of carbonyl (C=O) groups is 1. The highest BCUT2D eigenvalue weighted by atomic mass is 79.9. The van der Waals surface area contributed by atoms with Crippen molar-refractivity contribution in [3.05, 3.63) is 91.4 Å². The number of ketones is 1. The highest BCUT2D eigenvalue weighted by Gasteiger charge is 2.19. The average Bonchev–Trinajstić information content (AvgIpc) is 2.72. The van der Waals surface area contributed by atoms with Crippen molar-refractivity contribution >= 4 is 33.6 Å². The van der Waals surface area contributed by atoms with Gasteiger partial charge in [0.1, 0.15) is 5.75 Å². The second-order valence-corrected chi connectivity index (χ2v) is 8.25. The lowest BCUT2D eigenvalue weighted by molar-refractivity contribution is 0.103. The zero-order valence-electron chi connectivity index (χ0n) is 17.3. The van der Waals surface area contributed by atoms with Crippen molar-refractivity contribution in [1.29, 1.82) is 0 Å². The van der Waals surface area contributed by atoms with Gasteiger partial charge in [-0.15, -0.1) is 0 Å². The lowest BCUT2D eigenvalue weighted by atomic mass is 9.86. The van der Waals surface area contributed by atoms with Crippen LogP contribution in [0.25, 0.3) is 0 Å². The van der Waals surface area contributed by atoms with Crippen LogP contribution in [0.5, 0.6) is 5.75 Å². The molecular formula is C25H24BrNO2. The Balaban J connectivity index is 1.90. The van der Waals surface area contributed by atoms with E-state index in [0.717, 1.165) is 21.2 Å². The first kappa shape index (κ1) is 21.0. The molecule has 0 saturated heterocycles. The Morgan fingerprint density at radius 2 is 1.41 bits per heavy atom. The van der Waals surface area contributed by atoms with Crippen LogP contribution >= 0.6 is 15.9 Å². The third-order valence-corrected chi connectivity index (χ3v) is 6.19. The van der Waals surface area contributed by atoms with Gasteiger partial charge in [-0.1, -0.05) is 15.9 Å². The van der Waals surface area contributed by atoms with E-state index in [4.69, 9.17) is 0 Å². The predicted octanol–water partition coefficient (Wildman–Crippen LogP) is 6.68. The maximum absolute atomic E-state index is 13.2. The van der Waals surface area contributed by atoms with Crippen LogP contribution in [0, 0.1) is 34.6 Å². The van der Waals surface area contributed by atoms with Crippen molar-refractivity contribution in [2.75, 3.05) is 0 Å². The van der Waals surface area contributed by atoms with Crippen LogP contribution < -0.4 is 0 Å². The summed E-state index contributed by atoms with van der Waals surface area (Å²) in [6.45, 7) is 10.3. The number of phenols is 1. The van der Waals surface area contributed by atoms with Gasteiger partial charge in [-0.3, -0.25) is 9.79 Å². The van der Waals surface area contributed by atoms with Gasteiger partial charge in [-0.05, 0) is 105 Å². The molecular weight excluding hydrogens is 426 g/mol. The summed E-state index contributed by atoms with van der Waals surface area (Å²) in [5.41, 5.74) is 8.45. The molecule has 0 bridgehead atoms. The fourth-order valence-electron chi connectivity index (χ4n) is 3.46. The highest BCUT2D eigenvalue weighted by Crippen LogP contribution is 2.28. The largest absolute Gasteiger partial charge is 0.507 e. The monoisotopic (exact) mass is 449 g/mol. The van der Waals surface area contributed by atoms with E-state index in [1.807, 2.05) is 26.0 Å². The molecule has 3 nitrogen and oxygen atoms in total. The van der Waals surface area contributed by atoms with Crippen LogP contribution in [-0.4, -0.2) is 17.1 Å². The molecule has 0 amide bonds. The van der Waals surface area contributed by atoms with E-state index < -0.39 is 0 Å². The molecule has 0 saturated carbocycles. The lowest BCUT2D eigenvalue weighted by Gasteiger charge is -2.18. The number of phenolic OH excluding ortho intramolecular Hbond substituents is 1. The maximum Gasteiger partial charge on any atom is 0.193 e. The molecule has 0 radical (unpaired) electrons. The zero-order chi connectivity index (χ0) is 21.3. The lowest BCUT2D eigenvalue weighted by Crippen LogP contribution is -2.10. The molecule has 1 N–H and O–H groups in total. The fraction of sp³-hybridized carbons (Fsp3) is 0.200. The van der Waals surface area contributed by atoms with Gasteiger partial charge < -0.3 is 5.11 Å². The van der Waals surface area contributed by atoms with E-state index in [1.165, 1.54) is 16.7 Å². The average molecular weight is 450 g/mol. The summed E-state index contributed by atoms with van der Waals surface area (Å²) in [6.07, 6.45) is 1.61. The van der Waals surface area contributed by atoms with Crippen molar-refractivity contribution in [3.8, 4) is 5.75 Å². The molecule has 0 heterocycles. The van der Waals surface area contributed by atoms with Gasteiger partial charge in [0.15, 0.2) is 5.78 Å². The van der Waals surface area contributed by atoms with Gasteiger partial charge in [-0.2, -0.15) is 0 Å². The summed E-state index contributed by atoms with van der Waals surface area (Å²) in [5.74, 6) is 0.200. The Labute approximate surface area is 180 Å². The molecule has 4 heteroatoms. The third-order valence-electron chi connectivity index (χ3n) is 5.70. The second kappa shape index (κ2) is 8.34. The second-order valence-electron chi connectivity index (χ2n) is 7.34. The van der Waals surface area contributed by atoms with Crippen LogP contribution in [0.1, 0.15) is 49.3 Å². The maximum atomic E-state index is 13.2. The first-order chi connectivity index (χ1) is 13.7. The van der Waals surface area contributed by atoms with Gasteiger partial charge in [0.25, 0.3) is 0 Å². The number of hydrogen-bond acceptors (Lipinski definition) is 3. The number of aliphatic imine (C=N–C) groups is 1. The van der Waals surface area contributed by atoms with Gasteiger partial charge in [0.05, 0.1) is 5.69 Å².